The fourth-order valence-electron chi connectivity index (χ4n) is 18.5. The lowest BCUT2D eigenvalue weighted by Crippen LogP contribution is -2.61. The summed E-state index contributed by atoms with van der Waals surface area (Å²) in [6, 6.07) is 143. The summed E-state index contributed by atoms with van der Waals surface area (Å²) in [4.78, 5) is 5.46. The zero-order valence-corrected chi connectivity index (χ0v) is 63.7. The average molecular weight is 1430 g/mol. The highest BCUT2D eigenvalue weighted by Crippen LogP contribution is 2.57. The molecule has 4 heteroatoms. The minimum atomic E-state index is -0.290. The molecule has 0 radical (unpaired) electrons. The largest absolute Gasteiger partial charge is 0.310 e. The van der Waals surface area contributed by atoms with Crippen molar-refractivity contribution in [3.63, 3.8) is 0 Å². The summed E-state index contributed by atoms with van der Waals surface area (Å²) in [5, 5.41) is 10.1. The molecule has 112 heavy (non-hydrogen) atoms. The van der Waals surface area contributed by atoms with Gasteiger partial charge in [0, 0.05) is 55.8 Å². The van der Waals surface area contributed by atoms with Crippen LogP contribution >= 0.6 is 0 Å². The van der Waals surface area contributed by atoms with E-state index in [1.54, 1.807) is 0 Å². The fraction of sp³-hybridized carbons (Fsp3) is 0.0741. The first-order valence-electron chi connectivity index (χ1n) is 39.4. The highest BCUT2D eigenvalue weighted by atomic mass is 15.2. The van der Waals surface area contributed by atoms with Crippen molar-refractivity contribution in [2.24, 2.45) is 0 Å². The zero-order valence-electron chi connectivity index (χ0n) is 63.7. The summed E-state index contributed by atoms with van der Waals surface area (Å²) in [6.07, 6.45) is 0. The summed E-state index contributed by atoms with van der Waals surface area (Å²) in [6.45, 7) is 13.8. The van der Waals surface area contributed by atoms with E-state index < -0.39 is 0 Å². The van der Waals surface area contributed by atoms with Crippen molar-refractivity contribution in [2.75, 3.05) is 9.80 Å². The van der Waals surface area contributed by atoms with Crippen LogP contribution in [0.2, 0.25) is 0 Å². The van der Waals surface area contributed by atoms with Gasteiger partial charge in [-0.15, -0.1) is 0 Å². The quantitative estimate of drug-likeness (QED) is 0.0944. The SMILES string of the molecule is CC(C)(C)c1cc2ccc3cc(C(C)(C)C)cc4c(-c5ccc6c(c5)N(c5c(-c7ccccc7)cc(-c7ccccc7)cc5-c5ccccc5)c5cc(-n7c8ccccc8c8ccccc87)cc7c5B6c5ccc(-c6ccccc6)cc5N7c5c(-c6ccccc6)cc(-c6ccccc6)cc5-c5ccccc5)cc(c1)c2c34. The van der Waals surface area contributed by atoms with Gasteiger partial charge in [0.1, 0.15) is 0 Å². The molecule has 0 aliphatic carbocycles. The molecule has 0 unspecified atom stereocenters. The lowest BCUT2D eigenvalue weighted by molar-refractivity contribution is 0.591. The molecule has 0 bridgehead atoms. The summed E-state index contributed by atoms with van der Waals surface area (Å²) in [7, 11) is 0. The summed E-state index contributed by atoms with van der Waals surface area (Å²) < 4.78 is 2.56. The van der Waals surface area contributed by atoms with E-state index in [-0.39, 0.29) is 17.5 Å². The van der Waals surface area contributed by atoms with Crippen molar-refractivity contribution in [1.82, 2.24) is 4.57 Å². The minimum Gasteiger partial charge on any atom is -0.310 e. The molecule has 18 aromatic carbocycles. The molecule has 3 heterocycles. The molecule has 530 valence electrons. The normalized spacial score (nSPS) is 12.7. The van der Waals surface area contributed by atoms with Gasteiger partial charge in [-0.25, -0.2) is 0 Å². The Bertz CT molecular complexity index is 6740. The molecule has 0 saturated carbocycles. The van der Waals surface area contributed by atoms with Crippen LogP contribution in [0.5, 0.6) is 0 Å². The number of benzene rings is 18. The molecule has 0 N–H and O–H groups in total. The Balaban J connectivity index is 0.970. The summed E-state index contributed by atoms with van der Waals surface area (Å²) in [5.41, 5.74) is 34.2. The van der Waals surface area contributed by atoms with Crippen LogP contribution in [0, 0.1) is 0 Å². The van der Waals surface area contributed by atoms with Crippen LogP contribution in [0.3, 0.4) is 0 Å². The topological polar surface area (TPSA) is 11.4 Å². The van der Waals surface area contributed by atoms with E-state index in [1.807, 2.05) is 0 Å². The first-order chi connectivity index (χ1) is 54.8. The molecule has 3 nitrogen and oxygen atoms in total. The number of fused-ring (bicyclic) bond motifs is 7. The lowest BCUT2D eigenvalue weighted by Gasteiger charge is -2.46. The Hall–Kier alpha value is -13.5. The average Bonchev–Trinajstić information content (AvgIpc) is 0.761. The fourth-order valence-corrected chi connectivity index (χ4v) is 18.5. The van der Waals surface area contributed by atoms with Crippen molar-refractivity contribution in [3.8, 4) is 94.7 Å². The maximum absolute atomic E-state index is 2.75. The van der Waals surface area contributed by atoms with Crippen LogP contribution in [0.25, 0.3) is 149 Å². The number of aromatic nitrogens is 1. The molecule has 2 aliphatic rings. The molecule has 0 fully saturated rings. The van der Waals surface area contributed by atoms with Gasteiger partial charge in [0.05, 0.1) is 28.1 Å². The number of nitrogens with zero attached hydrogens (tertiary/aromatic N) is 3. The predicted octanol–water partition coefficient (Wildman–Crippen LogP) is 27.7. The van der Waals surface area contributed by atoms with E-state index in [9.17, 15) is 0 Å². The highest BCUT2D eigenvalue weighted by Gasteiger charge is 2.46. The minimum absolute atomic E-state index is 0.0881. The zero-order chi connectivity index (χ0) is 75.1. The van der Waals surface area contributed by atoms with Crippen LogP contribution in [0.15, 0.2) is 376 Å². The van der Waals surface area contributed by atoms with Crippen LogP contribution in [0.4, 0.5) is 34.1 Å². The van der Waals surface area contributed by atoms with Crippen LogP contribution in [0.1, 0.15) is 52.7 Å². The van der Waals surface area contributed by atoms with Crippen LogP contribution in [-0.4, -0.2) is 11.3 Å². The molecule has 0 amide bonds. The standard InChI is InChI=1S/C108H80BN3/c1-107(2,3)83-56-78-50-51-79-57-84(108(4,5)6)66-93-88(63-82(58-83)102(78)103(79)93)77-53-55-95-99(65-77)112(106-91(74-42-24-12-25-43-74)61-81(71-36-18-9-19-37-71)62-92(106)75-44-26-13-27-45-75)101-68-85(110-96-48-30-28-46-86(96)87-47-29-31-49-97(87)110)67-100-104(101)109(95)94-54-52-76(69-32-14-7-15-33-69)64-98(94)111(100)105-89(72-38-20-10-21-39-72)59-80(70-34-16-8-17-35-70)60-90(105)73-40-22-11-23-41-73/h7-68H,1-6H3. The molecule has 19 aromatic rings. The maximum Gasteiger partial charge on any atom is 0.252 e. The van der Waals surface area contributed by atoms with Crippen molar-refractivity contribution < 1.29 is 0 Å². The Morgan fingerprint density at radius 3 is 1.00 bits per heavy atom. The summed E-state index contributed by atoms with van der Waals surface area (Å²) >= 11 is 0. The van der Waals surface area contributed by atoms with Gasteiger partial charge in [0.15, 0.2) is 0 Å². The van der Waals surface area contributed by atoms with Gasteiger partial charge < -0.3 is 14.4 Å². The number of para-hydroxylation sites is 2. The van der Waals surface area contributed by atoms with Crippen LogP contribution in [-0.2, 0) is 10.8 Å². The van der Waals surface area contributed by atoms with E-state index in [0.717, 1.165) is 134 Å². The van der Waals surface area contributed by atoms with Crippen LogP contribution < -0.4 is 26.2 Å². The highest BCUT2D eigenvalue weighted by molar-refractivity contribution is 7.00. The van der Waals surface area contributed by atoms with Crippen molar-refractivity contribution in [2.45, 2.75) is 52.4 Å². The first-order valence-corrected chi connectivity index (χ1v) is 39.4. The van der Waals surface area contributed by atoms with Gasteiger partial charge >= 0.3 is 0 Å². The molecule has 21 rings (SSSR count). The lowest BCUT2D eigenvalue weighted by atomic mass is 9.33. The van der Waals surface area contributed by atoms with E-state index >= 15 is 0 Å². The molecule has 0 saturated heterocycles. The second kappa shape index (κ2) is 26.1. The van der Waals surface area contributed by atoms with Gasteiger partial charge in [-0.1, -0.05) is 345 Å². The second-order valence-corrected chi connectivity index (χ2v) is 32.7. The molecule has 1 aromatic heterocycles. The molecule has 0 spiro atoms. The molecular weight excluding hydrogens is 1350 g/mol. The third-order valence-corrected chi connectivity index (χ3v) is 23.9. The third-order valence-electron chi connectivity index (χ3n) is 23.9. The number of anilines is 6. The van der Waals surface area contributed by atoms with E-state index in [0.29, 0.717) is 0 Å². The van der Waals surface area contributed by atoms with Gasteiger partial charge in [0.2, 0.25) is 0 Å². The molecule has 0 atom stereocenters. The summed E-state index contributed by atoms with van der Waals surface area (Å²) in [5.74, 6) is 0. The number of hydrogen-bond acceptors (Lipinski definition) is 2. The maximum atomic E-state index is 2.75. The Morgan fingerprint density at radius 1 is 0.232 bits per heavy atom. The van der Waals surface area contributed by atoms with Gasteiger partial charge in [-0.05, 0) is 210 Å². The Labute approximate surface area is 655 Å². The van der Waals surface area contributed by atoms with Gasteiger partial charge in [-0.3, -0.25) is 0 Å². The predicted molar refractivity (Wildman–Crippen MR) is 479 cm³/mol. The smallest absolute Gasteiger partial charge is 0.252 e. The van der Waals surface area contributed by atoms with Gasteiger partial charge in [0.25, 0.3) is 6.71 Å². The monoisotopic (exact) mass is 1430 g/mol. The van der Waals surface area contributed by atoms with Gasteiger partial charge in [-0.2, -0.15) is 0 Å². The Kier molecular flexibility index (Phi) is 15.5. The van der Waals surface area contributed by atoms with E-state index in [2.05, 4.69) is 432 Å². The van der Waals surface area contributed by atoms with E-state index in [1.165, 1.54) is 76.2 Å². The third kappa shape index (κ3) is 10.9. The first kappa shape index (κ1) is 66.6. The second-order valence-electron chi connectivity index (χ2n) is 32.7. The van der Waals surface area contributed by atoms with E-state index in [4.69, 9.17) is 0 Å². The van der Waals surface area contributed by atoms with Crippen molar-refractivity contribution in [1.29, 1.82) is 0 Å². The number of hydrogen-bond donors (Lipinski definition) is 0. The Morgan fingerprint density at radius 2 is 0.580 bits per heavy atom. The molecule has 2 aliphatic heterocycles. The van der Waals surface area contributed by atoms with Crippen molar-refractivity contribution >= 4 is 111 Å². The van der Waals surface area contributed by atoms with Crippen molar-refractivity contribution in [3.05, 3.63) is 387 Å². The molecular formula is C108H80BN3. The number of rotatable bonds is 11.